The van der Waals surface area contributed by atoms with Gasteiger partial charge in [-0.05, 0) is 25.1 Å². The number of rotatable bonds is 5. The maximum absolute atomic E-state index is 11.0. The lowest BCUT2D eigenvalue weighted by molar-refractivity contribution is -0.142. The fourth-order valence-electron chi connectivity index (χ4n) is 0.953. The number of hydrogen-bond acceptors (Lipinski definition) is 3. The minimum absolute atomic E-state index is 0.123. The number of esters is 1. The monoisotopic (exact) mass is 209 g/mol. The molecule has 0 aliphatic heterocycles. The third kappa shape index (κ3) is 4.33. The highest BCUT2D eigenvalue weighted by Gasteiger charge is 2.01. The molecule has 3 heteroatoms. The molecule has 0 saturated carbocycles. The van der Waals surface area contributed by atoms with Crippen molar-refractivity contribution in [2.75, 3.05) is 12.4 Å². The molecular weight excluding hydrogens is 196 g/mol. The summed E-state index contributed by atoms with van der Waals surface area (Å²) in [5.74, 6) is 0.644. The van der Waals surface area contributed by atoms with Crippen molar-refractivity contribution < 1.29 is 9.53 Å². The van der Waals surface area contributed by atoms with E-state index in [9.17, 15) is 4.79 Å². The quantitative estimate of drug-likeness (QED) is 0.550. The standard InChI is InChI=1S/C11H13O2S/c1-2-13-11(12)8-9-14-10-6-4-3-5-7-10/h4-7H,2,8-9H2,1H3. The Balaban J connectivity index is 2.19. The Kier molecular flexibility index (Phi) is 5.15. The van der Waals surface area contributed by atoms with Gasteiger partial charge in [0.1, 0.15) is 0 Å². The molecule has 0 heterocycles. The van der Waals surface area contributed by atoms with Gasteiger partial charge in [-0.3, -0.25) is 4.79 Å². The summed E-state index contributed by atoms with van der Waals surface area (Å²) in [6.45, 7) is 2.28. The van der Waals surface area contributed by atoms with Crippen LogP contribution in [0.5, 0.6) is 0 Å². The van der Waals surface area contributed by atoms with Crippen LogP contribution < -0.4 is 0 Å². The average Bonchev–Trinajstić information content (AvgIpc) is 2.20. The molecule has 2 nitrogen and oxygen atoms in total. The number of thioether (sulfide) groups is 1. The first-order valence-electron chi connectivity index (χ1n) is 4.57. The molecule has 1 radical (unpaired) electrons. The summed E-state index contributed by atoms with van der Waals surface area (Å²) < 4.78 is 4.82. The van der Waals surface area contributed by atoms with E-state index in [0.717, 1.165) is 10.6 Å². The number of carbonyl (C=O) groups is 1. The summed E-state index contributed by atoms with van der Waals surface area (Å²) >= 11 is 1.65. The zero-order valence-electron chi connectivity index (χ0n) is 8.16. The van der Waals surface area contributed by atoms with E-state index in [1.807, 2.05) is 31.2 Å². The Hall–Kier alpha value is -0.960. The molecule has 0 aliphatic carbocycles. The second-order valence-electron chi connectivity index (χ2n) is 2.64. The molecular formula is C11H13O2S. The molecule has 0 saturated heterocycles. The number of hydrogen-bond donors (Lipinski definition) is 0. The summed E-state index contributed by atoms with van der Waals surface area (Å²) in [6.07, 6.45) is 0.469. The second kappa shape index (κ2) is 6.49. The van der Waals surface area contributed by atoms with Crippen LogP contribution in [0.3, 0.4) is 0 Å². The van der Waals surface area contributed by atoms with E-state index in [2.05, 4.69) is 6.07 Å². The zero-order chi connectivity index (χ0) is 10.2. The molecule has 14 heavy (non-hydrogen) atoms. The SMILES string of the molecule is CCOC(=O)CCSc1cc[c]cc1. The van der Waals surface area contributed by atoms with Crippen molar-refractivity contribution in [2.24, 2.45) is 0 Å². The lowest BCUT2D eigenvalue weighted by atomic mass is 10.4. The molecule has 0 atom stereocenters. The van der Waals surface area contributed by atoms with Crippen molar-refractivity contribution in [3.05, 3.63) is 30.3 Å². The van der Waals surface area contributed by atoms with E-state index in [1.165, 1.54) is 0 Å². The van der Waals surface area contributed by atoms with Crippen molar-refractivity contribution in [1.29, 1.82) is 0 Å². The first kappa shape index (κ1) is 11.1. The fraction of sp³-hybridized carbons (Fsp3) is 0.364. The van der Waals surface area contributed by atoms with Gasteiger partial charge in [-0.15, -0.1) is 11.8 Å². The van der Waals surface area contributed by atoms with E-state index < -0.39 is 0 Å². The van der Waals surface area contributed by atoms with Crippen LogP contribution in [0, 0.1) is 6.07 Å². The summed E-state index contributed by atoms with van der Waals surface area (Å²) in [4.78, 5) is 12.2. The highest BCUT2D eigenvalue weighted by molar-refractivity contribution is 7.99. The topological polar surface area (TPSA) is 26.3 Å². The first-order valence-corrected chi connectivity index (χ1v) is 5.56. The Morgan fingerprint density at radius 1 is 1.50 bits per heavy atom. The molecule has 75 valence electrons. The van der Waals surface area contributed by atoms with Crippen molar-refractivity contribution in [1.82, 2.24) is 0 Å². The van der Waals surface area contributed by atoms with Crippen LogP contribution in [0.1, 0.15) is 13.3 Å². The van der Waals surface area contributed by atoms with Crippen molar-refractivity contribution >= 4 is 17.7 Å². The van der Waals surface area contributed by atoms with Crippen molar-refractivity contribution in [3.63, 3.8) is 0 Å². The van der Waals surface area contributed by atoms with E-state index in [-0.39, 0.29) is 5.97 Å². The molecule has 1 aromatic rings. The number of ether oxygens (including phenoxy) is 1. The highest BCUT2D eigenvalue weighted by Crippen LogP contribution is 2.17. The average molecular weight is 209 g/mol. The van der Waals surface area contributed by atoms with Gasteiger partial charge in [0.25, 0.3) is 0 Å². The van der Waals surface area contributed by atoms with Crippen LogP contribution in [0.4, 0.5) is 0 Å². The van der Waals surface area contributed by atoms with Crippen LogP contribution in [-0.4, -0.2) is 18.3 Å². The molecule has 0 unspecified atom stereocenters. The molecule has 0 bridgehead atoms. The largest absolute Gasteiger partial charge is 0.466 e. The van der Waals surface area contributed by atoms with Gasteiger partial charge in [-0.25, -0.2) is 0 Å². The Morgan fingerprint density at radius 3 is 2.86 bits per heavy atom. The van der Waals surface area contributed by atoms with E-state index >= 15 is 0 Å². The fourth-order valence-corrected chi connectivity index (χ4v) is 1.79. The summed E-state index contributed by atoms with van der Waals surface area (Å²) in [7, 11) is 0. The van der Waals surface area contributed by atoms with Crippen LogP contribution >= 0.6 is 11.8 Å². The molecule has 0 amide bonds. The van der Waals surface area contributed by atoms with Gasteiger partial charge in [0.05, 0.1) is 13.0 Å². The van der Waals surface area contributed by atoms with Crippen LogP contribution in [0.25, 0.3) is 0 Å². The number of benzene rings is 1. The van der Waals surface area contributed by atoms with Crippen LogP contribution in [0.15, 0.2) is 29.2 Å². The minimum Gasteiger partial charge on any atom is -0.466 e. The van der Waals surface area contributed by atoms with Gasteiger partial charge in [0.15, 0.2) is 0 Å². The molecule has 0 aliphatic rings. The normalized spacial score (nSPS) is 9.79. The zero-order valence-corrected chi connectivity index (χ0v) is 8.97. The van der Waals surface area contributed by atoms with Gasteiger partial charge in [0, 0.05) is 10.6 Å². The van der Waals surface area contributed by atoms with Gasteiger partial charge in [0.2, 0.25) is 0 Å². The number of carbonyl (C=O) groups excluding carboxylic acids is 1. The van der Waals surface area contributed by atoms with Gasteiger partial charge in [-0.2, -0.15) is 0 Å². The Labute approximate surface area is 88.7 Å². The second-order valence-corrected chi connectivity index (χ2v) is 3.81. The van der Waals surface area contributed by atoms with Gasteiger partial charge < -0.3 is 4.74 Å². The summed E-state index contributed by atoms with van der Waals surface area (Å²) in [5, 5.41) is 0. The third-order valence-corrected chi connectivity index (χ3v) is 2.58. The maximum Gasteiger partial charge on any atom is 0.306 e. The smallest absolute Gasteiger partial charge is 0.306 e. The van der Waals surface area contributed by atoms with Gasteiger partial charge >= 0.3 is 5.97 Å². The molecule has 0 fully saturated rings. The summed E-state index contributed by atoms with van der Waals surface area (Å²) in [6, 6.07) is 10.6. The highest BCUT2D eigenvalue weighted by atomic mass is 32.2. The lowest BCUT2D eigenvalue weighted by Crippen LogP contribution is -2.04. The third-order valence-electron chi connectivity index (χ3n) is 1.57. The van der Waals surface area contributed by atoms with E-state index in [1.54, 1.807) is 11.8 Å². The lowest BCUT2D eigenvalue weighted by Gasteiger charge is -2.01. The predicted octanol–water partition coefficient (Wildman–Crippen LogP) is 2.53. The molecule has 1 rings (SSSR count). The van der Waals surface area contributed by atoms with E-state index in [4.69, 9.17) is 4.74 Å². The maximum atomic E-state index is 11.0. The summed E-state index contributed by atoms with van der Waals surface area (Å²) in [5.41, 5.74) is 0. The van der Waals surface area contributed by atoms with Crippen molar-refractivity contribution in [2.45, 2.75) is 18.2 Å². The van der Waals surface area contributed by atoms with Crippen LogP contribution in [0.2, 0.25) is 0 Å². The first-order chi connectivity index (χ1) is 6.83. The predicted molar refractivity (Wildman–Crippen MR) is 57.3 cm³/mol. The van der Waals surface area contributed by atoms with Gasteiger partial charge in [-0.1, -0.05) is 12.1 Å². The minimum atomic E-state index is -0.123. The molecule has 0 aromatic heterocycles. The van der Waals surface area contributed by atoms with E-state index in [0.29, 0.717) is 13.0 Å². The molecule has 0 N–H and O–H groups in total. The van der Waals surface area contributed by atoms with Crippen molar-refractivity contribution in [3.8, 4) is 0 Å². The Morgan fingerprint density at radius 2 is 2.21 bits per heavy atom. The Bertz CT molecular complexity index is 272. The van der Waals surface area contributed by atoms with Crippen LogP contribution in [-0.2, 0) is 9.53 Å². The molecule has 1 aromatic carbocycles. The molecule has 0 spiro atoms.